The summed E-state index contributed by atoms with van der Waals surface area (Å²) in [5.41, 5.74) is -5.89. The Morgan fingerprint density at radius 2 is 1.00 bits per heavy atom. The first kappa shape index (κ1) is 20.3. The molecule has 0 heterocycles. The molecule has 1 N–H and O–H groups in total. The number of rotatable bonds is 7. The molecule has 128 valence electrons. The lowest BCUT2D eigenvalue weighted by Crippen LogP contribution is -2.74. The Morgan fingerprint density at radius 3 is 1.33 bits per heavy atom. The van der Waals surface area contributed by atoms with Gasteiger partial charge in [-0.2, -0.15) is 39.5 Å². The predicted molar refractivity (Wildman–Crippen MR) is 57.7 cm³/mol. The summed E-state index contributed by atoms with van der Waals surface area (Å²) in [7, 11) is 0. The Balaban J connectivity index is 5.08. The minimum Gasteiger partial charge on any atom is -0.288 e. The van der Waals surface area contributed by atoms with E-state index in [9.17, 15) is 39.5 Å². The number of hydrogen-bond donors (Lipinski definition) is 1. The van der Waals surface area contributed by atoms with Crippen molar-refractivity contribution < 1.29 is 39.5 Å². The topological polar surface area (TPSA) is 12.0 Å². The van der Waals surface area contributed by atoms with E-state index in [1.54, 1.807) is 0 Å². The molecular weight excluding hydrogens is 317 g/mol. The third kappa shape index (κ3) is 4.65. The molecule has 21 heavy (non-hydrogen) atoms. The van der Waals surface area contributed by atoms with Crippen molar-refractivity contribution in [3.63, 3.8) is 0 Å². The standard InChI is InChI=1S/C11H16F9N/c1-2-3-4-5-6-7-21-8(9(12,13)14,10(15,16)17)11(18,19)20/h21H,2-7H2,1H3. The Kier molecular flexibility index (Phi) is 6.83. The lowest BCUT2D eigenvalue weighted by atomic mass is 9.96. The molecule has 0 aliphatic heterocycles. The van der Waals surface area contributed by atoms with E-state index in [0.29, 0.717) is 18.2 Å². The van der Waals surface area contributed by atoms with Crippen LogP contribution in [0.3, 0.4) is 0 Å². The highest BCUT2D eigenvalue weighted by atomic mass is 19.4. The lowest BCUT2D eigenvalue weighted by Gasteiger charge is -2.39. The zero-order valence-corrected chi connectivity index (χ0v) is 11.1. The van der Waals surface area contributed by atoms with Crippen LogP contribution in [0.1, 0.15) is 39.0 Å². The summed E-state index contributed by atoms with van der Waals surface area (Å²) in [4.78, 5) is 0. The van der Waals surface area contributed by atoms with Crippen LogP contribution in [0, 0.1) is 0 Å². The van der Waals surface area contributed by atoms with E-state index < -0.39 is 30.6 Å². The molecule has 0 aromatic rings. The van der Waals surface area contributed by atoms with Crippen molar-refractivity contribution in [2.45, 2.75) is 63.1 Å². The van der Waals surface area contributed by atoms with Crippen LogP contribution < -0.4 is 5.32 Å². The van der Waals surface area contributed by atoms with Crippen LogP contribution >= 0.6 is 0 Å². The molecule has 10 heteroatoms. The van der Waals surface area contributed by atoms with Crippen LogP contribution in [0.2, 0.25) is 0 Å². The highest BCUT2D eigenvalue weighted by Crippen LogP contribution is 2.52. The van der Waals surface area contributed by atoms with Crippen LogP contribution in [-0.2, 0) is 0 Å². The number of alkyl halides is 9. The average molecular weight is 333 g/mol. The van der Waals surface area contributed by atoms with E-state index in [1.807, 2.05) is 6.92 Å². The zero-order valence-electron chi connectivity index (χ0n) is 11.1. The number of unbranched alkanes of at least 4 members (excludes halogenated alkanes) is 4. The second-order valence-electron chi connectivity index (χ2n) is 4.58. The van der Waals surface area contributed by atoms with Crippen molar-refractivity contribution in [2.75, 3.05) is 6.54 Å². The predicted octanol–water partition coefficient (Wildman–Crippen LogP) is 4.97. The maximum absolute atomic E-state index is 12.5. The zero-order chi connectivity index (χ0) is 16.9. The fourth-order valence-electron chi connectivity index (χ4n) is 1.79. The molecule has 0 saturated carbocycles. The molecule has 0 aliphatic carbocycles. The smallest absolute Gasteiger partial charge is 0.288 e. The minimum absolute atomic E-state index is 0.204. The first-order chi connectivity index (χ1) is 9.31. The van der Waals surface area contributed by atoms with Crippen molar-refractivity contribution >= 4 is 0 Å². The maximum Gasteiger partial charge on any atom is 0.424 e. The highest BCUT2D eigenvalue weighted by molar-refractivity contribution is 5.07. The van der Waals surface area contributed by atoms with Gasteiger partial charge in [0.15, 0.2) is 0 Å². The van der Waals surface area contributed by atoms with Crippen molar-refractivity contribution in [1.82, 2.24) is 5.32 Å². The van der Waals surface area contributed by atoms with Crippen LogP contribution in [0.25, 0.3) is 0 Å². The molecule has 0 aromatic heterocycles. The largest absolute Gasteiger partial charge is 0.424 e. The quantitative estimate of drug-likeness (QED) is 0.512. The highest BCUT2D eigenvalue weighted by Gasteiger charge is 2.83. The van der Waals surface area contributed by atoms with Crippen molar-refractivity contribution in [1.29, 1.82) is 0 Å². The van der Waals surface area contributed by atoms with E-state index >= 15 is 0 Å². The van der Waals surface area contributed by atoms with Gasteiger partial charge in [0.25, 0.3) is 0 Å². The van der Waals surface area contributed by atoms with E-state index in [1.165, 1.54) is 0 Å². The summed E-state index contributed by atoms with van der Waals surface area (Å²) in [6.07, 6.45) is -17.5. The summed E-state index contributed by atoms with van der Waals surface area (Å²) in [5, 5.41) is 0.655. The molecule has 0 saturated heterocycles. The van der Waals surface area contributed by atoms with E-state index in [-0.39, 0.29) is 12.8 Å². The van der Waals surface area contributed by atoms with Crippen molar-refractivity contribution in [3.05, 3.63) is 0 Å². The van der Waals surface area contributed by atoms with Gasteiger partial charge in [0.2, 0.25) is 0 Å². The van der Waals surface area contributed by atoms with Crippen LogP contribution in [0.4, 0.5) is 39.5 Å². The minimum atomic E-state index is -6.53. The number of hydrogen-bond acceptors (Lipinski definition) is 1. The summed E-state index contributed by atoms with van der Waals surface area (Å²) >= 11 is 0. The van der Waals surface area contributed by atoms with Gasteiger partial charge in [-0.1, -0.05) is 32.6 Å². The van der Waals surface area contributed by atoms with Gasteiger partial charge in [0.05, 0.1) is 0 Å². The summed E-state index contributed by atoms with van der Waals surface area (Å²) in [6.45, 7) is 0.808. The van der Waals surface area contributed by atoms with E-state index in [4.69, 9.17) is 0 Å². The van der Waals surface area contributed by atoms with Gasteiger partial charge in [-0.15, -0.1) is 0 Å². The molecule has 1 nitrogen and oxygen atoms in total. The maximum atomic E-state index is 12.5. The second kappa shape index (κ2) is 7.06. The van der Waals surface area contributed by atoms with E-state index in [0.717, 1.165) is 6.42 Å². The second-order valence-corrected chi connectivity index (χ2v) is 4.58. The molecule has 0 aromatic carbocycles. The molecule has 0 rings (SSSR count). The Labute approximate surface area is 115 Å². The molecule has 0 radical (unpaired) electrons. The van der Waals surface area contributed by atoms with Crippen molar-refractivity contribution in [2.24, 2.45) is 0 Å². The van der Waals surface area contributed by atoms with E-state index in [2.05, 4.69) is 0 Å². The SMILES string of the molecule is CCCCCCCNC(C(F)(F)F)(C(F)(F)F)C(F)(F)F. The molecule has 0 unspecified atom stereocenters. The Bertz CT molecular complexity index is 266. The summed E-state index contributed by atoms with van der Waals surface area (Å²) in [5.74, 6) is 0. The molecule has 0 spiro atoms. The van der Waals surface area contributed by atoms with Crippen molar-refractivity contribution in [3.8, 4) is 0 Å². The third-order valence-electron chi connectivity index (χ3n) is 2.95. The fraction of sp³-hybridized carbons (Fsp3) is 1.00. The Morgan fingerprint density at radius 1 is 0.619 bits per heavy atom. The third-order valence-corrected chi connectivity index (χ3v) is 2.95. The van der Waals surface area contributed by atoms with Gasteiger partial charge >= 0.3 is 24.1 Å². The summed E-state index contributed by atoms with van der Waals surface area (Å²) < 4.78 is 112. The normalized spacial score (nSPS) is 14.6. The van der Waals surface area contributed by atoms with Gasteiger partial charge in [-0.25, -0.2) is 0 Å². The van der Waals surface area contributed by atoms with Crippen LogP contribution in [0.15, 0.2) is 0 Å². The Hall–Kier alpha value is -0.670. The lowest BCUT2D eigenvalue weighted by molar-refractivity contribution is -0.389. The average Bonchev–Trinajstić information content (AvgIpc) is 2.22. The fourth-order valence-corrected chi connectivity index (χ4v) is 1.79. The van der Waals surface area contributed by atoms with Gasteiger partial charge in [-0.05, 0) is 13.0 Å². The van der Waals surface area contributed by atoms with Gasteiger partial charge in [0, 0.05) is 0 Å². The number of nitrogens with one attached hydrogen (secondary N) is 1. The van der Waals surface area contributed by atoms with Gasteiger partial charge in [-0.3, -0.25) is 5.32 Å². The number of halogens is 9. The first-order valence-electron chi connectivity index (χ1n) is 6.26. The molecule has 0 bridgehead atoms. The van der Waals surface area contributed by atoms with Gasteiger partial charge < -0.3 is 0 Å². The summed E-state index contributed by atoms with van der Waals surface area (Å²) in [6, 6.07) is 0. The first-order valence-corrected chi connectivity index (χ1v) is 6.26. The molecular formula is C11H16F9N. The molecule has 0 amide bonds. The van der Waals surface area contributed by atoms with Crippen LogP contribution in [0.5, 0.6) is 0 Å². The van der Waals surface area contributed by atoms with Gasteiger partial charge in [0.1, 0.15) is 0 Å². The monoisotopic (exact) mass is 333 g/mol. The molecule has 0 atom stereocenters. The molecule has 0 aliphatic rings. The van der Waals surface area contributed by atoms with Crippen LogP contribution in [-0.4, -0.2) is 30.6 Å². The molecule has 0 fully saturated rings.